The van der Waals surface area contributed by atoms with E-state index in [0.29, 0.717) is 17.6 Å². The van der Waals surface area contributed by atoms with Gasteiger partial charge in [0.15, 0.2) is 0 Å². The van der Waals surface area contributed by atoms with Crippen LogP contribution in [-0.2, 0) is 6.54 Å². The number of halogens is 2. The van der Waals surface area contributed by atoms with Crippen molar-refractivity contribution in [2.45, 2.75) is 6.54 Å². The zero-order valence-electron chi connectivity index (χ0n) is 7.41. The maximum atomic E-state index is 11.5. The van der Waals surface area contributed by atoms with Gasteiger partial charge in [0.1, 0.15) is 0 Å². The summed E-state index contributed by atoms with van der Waals surface area (Å²) in [5.41, 5.74) is 5.25. The summed E-state index contributed by atoms with van der Waals surface area (Å²) in [6.45, 7) is 1.03. The van der Waals surface area contributed by atoms with Crippen molar-refractivity contribution in [2.24, 2.45) is 5.73 Å². The van der Waals surface area contributed by atoms with Gasteiger partial charge in [-0.25, -0.2) is 0 Å². The van der Waals surface area contributed by atoms with Crippen LogP contribution in [0.3, 0.4) is 0 Å². The van der Waals surface area contributed by atoms with Gasteiger partial charge in [0.05, 0.1) is 4.47 Å². The number of hydrogen-bond acceptors (Lipinski definition) is 2. The molecular formula is C9H10Br2N2O. The summed E-state index contributed by atoms with van der Waals surface area (Å²) in [6, 6.07) is 1.73. The van der Waals surface area contributed by atoms with Crippen LogP contribution < -0.4 is 11.3 Å². The van der Waals surface area contributed by atoms with Gasteiger partial charge in [-0.15, -0.1) is 0 Å². The fourth-order valence-electron chi connectivity index (χ4n) is 0.985. The molecule has 0 amide bonds. The third-order valence-electron chi connectivity index (χ3n) is 1.61. The highest BCUT2D eigenvalue weighted by Gasteiger charge is 2.00. The smallest absolute Gasteiger partial charge is 0.265 e. The van der Waals surface area contributed by atoms with Crippen LogP contribution in [0.1, 0.15) is 0 Å². The fourth-order valence-corrected chi connectivity index (χ4v) is 2.24. The molecule has 0 spiro atoms. The average Bonchev–Trinajstić information content (AvgIpc) is 2.13. The minimum Gasteiger partial charge on any atom is -0.327 e. The molecule has 1 heterocycles. The second-order valence-corrected chi connectivity index (χ2v) is 4.44. The Bertz CT molecular complexity index is 398. The van der Waals surface area contributed by atoms with Gasteiger partial charge in [0.2, 0.25) is 0 Å². The lowest BCUT2D eigenvalue weighted by Crippen LogP contribution is -2.19. The predicted molar refractivity (Wildman–Crippen MR) is 64.3 cm³/mol. The van der Waals surface area contributed by atoms with E-state index in [1.165, 1.54) is 0 Å². The maximum Gasteiger partial charge on any atom is 0.265 e. The molecule has 1 aromatic rings. The van der Waals surface area contributed by atoms with E-state index in [4.69, 9.17) is 5.73 Å². The fraction of sp³-hybridized carbons (Fsp3) is 0.222. The van der Waals surface area contributed by atoms with Crippen LogP contribution in [0, 0.1) is 0 Å². The Labute approximate surface area is 98.9 Å². The Morgan fingerprint density at radius 2 is 2.14 bits per heavy atom. The summed E-state index contributed by atoms with van der Waals surface area (Å²) in [5, 5.41) is 0. The Balaban J connectivity index is 2.97. The van der Waals surface area contributed by atoms with E-state index in [0.717, 1.165) is 4.47 Å². The molecule has 0 aliphatic heterocycles. The van der Waals surface area contributed by atoms with Crippen molar-refractivity contribution in [1.82, 2.24) is 4.57 Å². The van der Waals surface area contributed by atoms with Crippen molar-refractivity contribution in [3.63, 3.8) is 0 Å². The van der Waals surface area contributed by atoms with Crippen molar-refractivity contribution in [3.8, 4) is 0 Å². The molecule has 0 aliphatic carbocycles. The van der Waals surface area contributed by atoms with Gasteiger partial charge in [0.25, 0.3) is 5.56 Å². The molecule has 0 fully saturated rings. The maximum absolute atomic E-state index is 11.5. The first kappa shape index (κ1) is 11.7. The molecule has 0 saturated carbocycles. The Morgan fingerprint density at radius 3 is 2.79 bits per heavy atom. The van der Waals surface area contributed by atoms with Crippen LogP contribution in [0.25, 0.3) is 0 Å². The van der Waals surface area contributed by atoms with E-state index in [1.807, 2.05) is 12.2 Å². The summed E-state index contributed by atoms with van der Waals surface area (Å²) < 4.78 is 3.01. The van der Waals surface area contributed by atoms with E-state index in [-0.39, 0.29) is 5.56 Å². The number of aromatic nitrogens is 1. The molecule has 14 heavy (non-hydrogen) atoms. The first-order valence-corrected chi connectivity index (χ1v) is 5.64. The van der Waals surface area contributed by atoms with Crippen LogP contribution in [0.15, 0.2) is 38.2 Å². The molecule has 0 aliphatic rings. The van der Waals surface area contributed by atoms with Crippen LogP contribution in [-0.4, -0.2) is 11.1 Å². The summed E-state index contributed by atoms with van der Waals surface area (Å²) in [6.07, 6.45) is 5.43. The lowest BCUT2D eigenvalue weighted by molar-refractivity contribution is 0.769. The van der Waals surface area contributed by atoms with E-state index >= 15 is 0 Å². The zero-order valence-corrected chi connectivity index (χ0v) is 10.6. The molecule has 0 bridgehead atoms. The van der Waals surface area contributed by atoms with Gasteiger partial charge in [-0.3, -0.25) is 4.79 Å². The first-order chi connectivity index (χ1) is 6.65. The third kappa shape index (κ3) is 3.08. The molecule has 2 N–H and O–H groups in total. The largest absolute Gasteiger partial charge is 0.327 e. The third-order valence-corrected chi connectivity index (χ3v) is 2.62. The number of allylic oxidation sites excluding steroid dienone is 1. The highest BCUT2D eigenvalue weighted by Crippen LogP contribution is 2.12. The molecule has 5 heteroatoms. The Morgan fingerprint density at radius 1 is 1.43 bits per heavy atom. The van der Waals surface area contributed by atoms with Gasteiger partial charge < -0.3 is 10.3 Å². The molecule has 1 aromatic heterocycles. The van der Waals surface area contributed by atoms with E-state index in [9.17, 15) is 4.79 Å². The number of pyridine rings is 1. The van der Waals surface area contributed by atoms with Crippen molar-refractivity contribution in [2.75, 3.05) is 6.54 Å². The molecule has 0 radical (unpaired) electrons. The van der Waals surface area contributed by atoms with Gasteiger partial charge in [0, 0.05) is 23.8 Å². The molecule has 0 aromatic carbocycles. The lowest BCUT2D eigenvalue weighted by atomic mass is 10.4. The van der Waals surface area contributed by atoms with Gasteiger partial charge >= 0.3 is 0 Å². The number of nitrogens with zero attached hydrogens (tertiary/aromatic N) is 1. The lowest BCUT2D eigenvalue weighted by Gasteiger charge is -2.03. The summed E-state index contributed by atoms with van der Waals surface area (Å²) >= 11 is 6.51. The standard InChI is InChI=1S/C9H10Br2N2O/c10-7-5-8(11)9(14)13(6-7)4-2-1-3-12/h1-2,5-6H,3-4,12H2/b2-1+. The van der Waals surface area contributed by atoms with Crippen molar-refractivity contribution < 1.29 is 0 Å². The molecule has 76 valence electrons. The zero-order chi connectivity index (χ0) is 10.6. The summed E-state index contributed by atoms with van der Waals surface area (Å²) in [4.78, 5) is 11.5. The molecule has 0 unspecified atom stereocenters. The monoisotopic (exact) mass is 320 g/mol. The molecule has 3 nitrogen and oxygen atoms in total. The Kier molecular flexibility index (Phi) is 4.57. The number of nitrogens with two attached hydrogens (primary N) is 1. The van der Waals surface area contributed by atoms with Crippen molar-refractivity contribution in [3.05, 3.63) is 43.7 Å². The topological polar surface area (TPSA) is 48.0 Å². The van der Waals surface area contributed by atoms with Gasteiger partial charge in [-0.1, -0.05) is 12.2 Å². The van der Waals surface area contributed by atoms with Crippen LogP contribution in [0.5, 0.6) is 0 Å². The average molecular weight is 322 g/mol. The minimum absolute atomic E-state index is 0.0464. The summed E-state index contributed by atoms with van der Waals surface area (Å²) in [5.74, 6) is 0. The minimum atomic E-state index is -0.0464. The summed E-state index contributed by atoms with van der Waals surface area (Å²) in [7, 11) is 0. The second kappa shape index (κ2) is 5.48. The van der Waals surface area contributed by atoms with Gasteiger partial charge in [-0.2, -0.15) is 0 Å². The molecular weight excluding hydrogens is 312 g/mol. The van der Waals surface area contributed by atoms with Crippen molar-refractivity contribution >= 4 is 31.9 Å². The highest BCUT2D eigenvalue weighted by molar-refractivity contribution is 9.11. The van der Waals surface area contributed by atoms with E-state index in [1.54, 1.807) is 16.8 Å². The molecule has 0 atom stereocenters. The highest BCUT2D eigenvalue weighted by atomic mass is 79.9. The van der Waals surface area contributed by atoms with E-state index < -0.39 is 0 Å². The van der Waals surface area contributed by atoms with Crippen LogP contribution in [0.4, 0.5) is 0 Å². The van der Waals surface area contributed by atoms with Crippen LogP contribution in [0.2, 0.25) is 0 Å². The Hall–Kier alpha value is -0.390. The van der Waals surface area contributed by atoms with E-state index in [2.05, 4.69) is 31.9 Å². The van der Waals surface area contributed by atoms with Crippen LogP contribution >= 0.6 is 31.9 Å². The molecule has 1 rings (SSSR count). The number of rotatable bonds is 3. The quantitative estimate of drug-likeness (QED) is 0.864. The van der Waals surface area contributed by atoms with Crippen molar-refractivity contribution in [1.29, 1.82) is 0 Å². The SMILES string of the molecule is NC/C=C/Cn1cc(Br)cc(Br)c1=O. The van der Waals surface area contributed by atoms with Gasteiger partial charge in [-0.05, 0) is 37.9 Å². The molecule has 0 saturated heterocycles. The number of hydrogen-bond donors (Lipinski definition) is 1. The normalized spacial score (nSPS) is 11.1. The predicted octanol–water partition coefficient (Wildman–Crippen LogP) is 1.89. The first-order valence-electron chi connectivity index (χ1n) is 4.05. The second-order valence-electron chi connectivity index (χ2n) is 2.67.